The molecule has 2 aliphatic carbocycles. The lowest BCUT2D eigenvalue weighted by Crippen LogP contribution is -2.25. The summed E-state index contributed by atoms with van der Waals surface area (Å²) in [6, 6.07) is 38.1. The lowest BCUT2D eigenvalue weighted by Gasteiger charge is -2.33. The molecule has 4 nitrogen and oxygen atoms in total. The third kappa shape index (κ3) is 17.2. The second-order valence-corrected chi connectivity index (χ2v) is 30.3. The Morgan fingerprint density at radius 3 is 0.824 bits per heavy atom. The number of halogens is 8. The fourth-order valence-corrected chi connectivity index (χ4v) is 18.2. The normalized spacial score (nSPS) is 13.5. The maximum Gasteiger partial charge on any atom is 0.175 e. The molecule has 0 atom stereocenters. The molecule has 0 radical (unpaired) electrons. The Hall–Kier alpha value is -6.62. The molecule has 14 heteroatoms. The smallest absolute Gasteiger partial charge is 0.175 e. The molecule has 2 aliphatic rings. The zero-order valence-corrected chi connectivity index (χ0v) is 62.6. The summed E-state index contributed by atoms with van der Waals surface area (Å²) in [5.41, 5.74) is 8.30. The standard InChI is InChI=1S/C88H100F8O4P2/c1-9-17-21-25-49-87(50-26-22-18-10-2)71-45-37-61(53-67(71)69-55-63(39-47-73(69)87)57-101(97-13-5)98-14-6)31-29-59-33-41-65(42-34-59)75-79(89)83(93)77(84(94)80(75)90)78-85(95)81(91)76(82(92)86(78)96)66-43-35-60(36-44-66)30-32-62-38-46-72-68(54-62)70-56-64(58-102(99-15-7)100-16-8)40-48-74(70)88(72,51-27-23-19-11-3)52-28-24-20-12-4/h29-48,53-56H,9-28,49-52,57-58H2,1-8H3/b31-29+,32-30+. The number of hydrogen-bond donors (Lipinski definition) is 0. The van der Waals surface area contributed by atoms with Crippen molar-refractivity contribution in [2.45, 2.75) is 207 Å². The van der Waals surface area contributed by atoms with Crippen LogP contribution in [0.5, 0.6) is 0 Å². The Morgan fingerprint density at radius 1 is 0.284 bits per heavy atom. The van der Waals surface area contributed by atoms with Gasteiger partial charge in [0.1, 0.15) is 0 Å². The van der Waals surface area contributed by atoms with Crippen molar-refractivity contribution in [3.8, 4) is 55.6 Å². The maximum atomic E-state index is 16.3. The van der Waals surface area contributed by atoms with Gasteiger partial charge in [-0.15, -0.1) is 0 Å². The van der Waals surface area contributed by atoms with Crippen LogP contribution in [0.25, 0.3) is 79.9 Å². The van der Waals surface area contributed by atoms with Gasteiger partial charge in [0.2, 0.25) is 0 Å². The van der Waals surface area contributed by atoms with Crippen LogP contribution in [-0.2, 0) is 41.2 Å². The molecular formula is C88H100F8O4P2. The molecule has 0 unspecified atom stereocenters. The van der Waals surface area contributed by atoms with Crippen LogP contribution >= 0.6 is 16.8 Å². The van der Waals surface area contributed by atoms with E-state index in [9.17, 15) is 0 Å². The van der Waals surface area contributed by atoms with Gasteiger partial charge in [-0.1, -0.05) is 264 Å². The summed E-state index contributed by atoms with van der Waals surface area (Å²) in [6.45, 7) is 19.1. The number of hydrogen-bond acceptors (Lipinski definition) is 4. The molecule has 10 rings (SSSR count). The van der Waals surface area contributed by atoms with E-state index in [4.69, 9.17) is 18.1 Å². The van der Waals surface area contributed by atoms with Gasteiger partial charge in [-0.05, 0) is 155 Å². The van der Waals surface area contributed by atoms with Crippen LogP contribution in [0.15, 0.2) is 121 Å². The molecule has 0 saturated heterocycles. The molecule has 0 aromatic heterocycles. The summed E-state index contributed by atoms with van der Waals surface area (Å²) in [4.78, 5) is 0. The number of rotatable bonds is 39. The van der Waals surface area contributed by atoms with Crippen LogP contribution in [0.4, 0.5) is 35.1 Å². The van der Waals surface area contributed by atoms with Crippen LogP contribution in [0, 0.1) is 46.5 Å². The molecule has 102 heavy (non-hydrogen) atoms. The third-order valence-corrected chi connectivity index (χ3v) is 24.0. The Morgan fingerprint density at radius 2 is 0.539 bits per heavy atom. The van der Waals surface area contributed by atoms with E-state index >= 15 is 35.1 Å². The quantitative estimate of drug-likeness (QED) is 0.0126. The van der Waals surface area contributed by atoms with E-state index in [1.165, 1.54) is 119 Å². The number of fused-ring (bicyclic) bond motifs is 6. The minimum absolute atomic E-state index is 0.148. The lowest BCUT2D eigenvalue weighted by atomic mass is 9.70. The van der Waals surface area contributed by atoms with Crippen LogP contribution in [-0.4, -0.2) is 26.4 Å². The predicted octanol–water partition coefficient (Wildman–Crippen LogP) is 28.3. The highest BCUT2D eigenvalue weighted by atomic mass is 31.2. The Kier molecular flexibility index (Phi) is 28.2. The van der Waals surface area contributed by atoms with Gasteiger partial charge in [-0.25, -0.2) is 35.1 Å². The van der Waals surface area contributed by atoms with E-state index in [0.717, 1.165) is 125 Å². The highest BCUT2D eigenvalue weighted by Gasteiger charge is 2.44. The minimum atomic E-state index is -2.23. The number of unbranched alkanes of at least 4 members (excludes halogenated alkanes) is 12. The van der Waals surface area contributed by atoms with E-state index in [2.05, 4.69) is 100 Å². The molecule has 0 heterocycles. The van der Waals surface area contributed by atoms with Crippen molar-refractivity contribution in [2.24, 2.45) is 0 Å². The Balaban J connectivity index is 0.895. The summed E-state index contributed by atoms with van der Waals surface area (Å²) >= 11 is 0. The summed E-state index contributed by atoms with van der Waals surface area (Å²) in [7, 11) is -2.22. The van der Waals surface area contributed by atoms with Crippen molar-refractivity contribution in [3.63, 3.8) is 0 Å². The summed E-state index contributed by atoms with van der Waals surface area (Å²) < 4.78 is 155. The first-order chi connectivity index (χ1) is 49.5. The summed E-state index contributed by atoms with van der Waals surface area (Å²) in [6.07, 6.45) is 31.4. The van der Waals surface area contributed by atoms with E-state index in [1.807, 2.05) is 52.0 Å². The van der Waals surface area contributed by atoms with Crippen molar-refractivity contribution >= 4 is 41.1 Å². The molecule has 0 aliphatic heterocycles. The van der Waals surface area contributed by atoms with Crippen LogP contribution < -0.4 is 0 Å². The molecule has 0 fully saturated rings. The largest absolute Gasteiger partial charge is 0.334 e. The minimum Gasteiger partial charge on any atom is -0.334 e. The third-order valence-electron chi connectivity index (χ3n) is 20.6. The second kappa shape index (κ2) is 36.9. The zero-order valence-electron chi connectivity index (χ0n) is 60.8. The number of benzene rings is 8. The zero-order chi connectivity index (χ0) is 72.5. The molecule has 8 aromatic rings. The first-order valence-corrected chi connectivity index (χ1v) is 40.2. The Bertz CT molecular complexity index is 3840. The van der Waals surface area contributed by atoms with Crippen LogP contribution in [0.1, 0.15) is 239 Å². The first kappa shape index (κ1) is 78.0. The molecule has 0 spiro atoms. The highest BCUT2D eigenvalue weighted by molar-refractivity contribution is 7.46. The average Bonchev–Trinajstić information content (AvgIpc) is 1.35. The molecule has 542 valence electrons. The van der Waals surface area contributed by atoms with Gasteiger partial charge in [-0.2, -0.15) is 0 Å². The van der Waals surface area contributed by atoms with Crippen molar-refractivity contribution < 1.29 is 53.2 Å². The van der Waals surface area contributed by atoms with E-state index in [-0.39, 0.29) is 22.0 Å². The maximum absolute atomic E-state index is 16.3. The first-order valence-electron chi connectivity index (χ1n) is 37.5. The van der Waals surface area contributed by atoms with E-state index < -0.39 is 85.5 Å². The fourth-order valence-electron chi connectivity index (χ4n) is 15.6. The highest BCUT2D eigenvalue weighted by Crippen LogP contribution is 2.58. The van der Waals surface area contributed by atoms with E-state index in [0.29, 0.717) is 49.9 Å². The lowest BCUT2D eigenvalue weighted by molar-refractivity contribution is 0.268. The van der Waals surface area contributed by atoms with E-state index in [1.54, 1.807) is 0 Å². The van der Waals surface area contributed by atoms with Crippen molar-refractivity contribution in [1.82, 2.24) is 0 Å². The predicted molar refractivity (Wildman–Crippen MR) is 408 cm³/mol. The summed E-state index contributed by atoms with van der Waals surface area (Å²) in [5.74, 6) is -17.0. The summed E-state index contributed by atoms with van der Waals surface area (Å²) in [5, 5.41) is 0. The van der Waals surface area contributed by atoms with Crippen molar-refractivity contribution in [2.75, 3.05) is 26.4 Å². The topological polar surface area (TPSA) is 36.9 Å². The molecule has 0 bridgehead atoms. The second-order valence-electron chi connectivity index (χ2n) is 27.4. The SMILES string of the molecule is CCCCCCC1(CCCCCC)c2ccc(/C=C/c3ccc(-c4c(F)c(F)c(-c5c(F)c(F)c(-c6ccc(/C=C/c7ccc8c(c7)-c7cc(CP(OCC)OCC)ccc7C8(CCCCCC)CCCCCC)cc6)c(F)c5F)c(F)c4F)cc3)cc2-c2cc(CP(OCC)OCC)ccc21. The van der Waals surface area contributed by atoms with Crippen LogP contribution in [0.2, 0.25) is 0 Å². The van der Waals surface area contributed by atoms with Crippen molar-refractivity contribution in [3.05, 3.63) is 223 Å². The van der Waals surface area contributed by atoms with Gasteiger partial charge in [0.05, 0.1) is 48.7 Å². The molecular weight excluding hydrogens is 1330 g/mol. The van der Waals surface area contributed by atoms with Gasteiger partial charge in [0, 0.05) is 23.2 Å². The van der Waals surface area contributed by atoms with Gasteiger partial charge in [0.25, 0.3) is 0 Å². The average molecular weight is 1440 g/mol. The van der Waals surface area contributed by atoms with Gasteiger partial charge in [0.15, 0.2) is 63.3 Å². The van der Waals surface area contributed by atoms with Gasteiger partial charge < -0.3 is 18.1 Å². The Labute approximate surface area is 603 Å². The molecule has 0 saturated carbocycles. The monoisotopic (exact) mass is 1430 g/mol. The van der Waals surface area contributed by atoms with Crippen LogP contribution in [0.3, 0.4) is 0 Å². The fraction of sp³-hybridized carbons (Fsp3) is 0.409. The molecule has 8 aromatic carbocycles. The van der Waals surface area contributed by atoms with Gasteiger partial charge in [-0.3, -0.25) is 0 Å². The van der Waals surface area contributed by atoms with Gasteiger partial charge >= 0.3 is 0 Å². The molecule has 0 N–H and O–H groups in total. The molecule has 0 amide bonds. The van der Waals surface area contributed by atoms with Crippen molar-refractivity contribution in [1.29, 1.82) is 0 Å².